The van der Waals surface area contributed by atoms with E-state index in [1.165, 1.54) is 18.0 Å². The molecule has 0 aliphatic heterocycles. The Kier molecular flexibility index (Phi) is 9.12. The zero-order valence-electron chi connectivity index (χ0n) is 20.5. The van der Waals surface area contributed by atoms with Gasteiger partial charge in [0.2, 0.25) is 21.8 Å². The van der Waals surface area contributed by atoms with E-state index < -0.39 is 28.5 Å². The van der Waals surface area contributed by atoms with E-state index in [-0.39, 0.29) is 18.9 Å². The lowest BCUT2D eigenvalue weighted by molar-refractivity contribution is -0.139. The molecule has 1 atom stereocenters. The fourth-order valence-corrected chi connectivity index (χ4v) is 5.01. The third-order valence-electron chi connectivity index (χ3n) is 5.83. The van der Waals surface area contributed by atoms with Crippen LogP contribution in [0.5, 0.6) is 0 Å². The van der Waals surface area contributed by atoms with Gasteiger partial charge in [-0.2, -0.15) is 0 Å². The summed E-state index contributed by atoms with van der Waals surface area (Å²) in [4.78, 5) is 28.3. The molecule has 0 aliphatic rings. The van der Waals surface area contributed by atoms with Gasteiger partial charge in [0.25, 0.3) is 0 Å². The van der Waals surface area contributed by atoms with Gasteiger partial charge in [-0.25, -0.2) is 8.42 Å². The summed E-state index contributed by atoms with van der Waals surface area (Å²) >= 11 is 6.15. The van der Waals surface area contributed by atoms with E-state index in [1.807, 2.05) is 60.7 Å². The van der Waals surface area contributed by atoms with Crippen molar-refractivity contribution in [2.75, 3.05) is 24.2 Å². The van der Waals surface area contributed by atoms with Crippen molar-refractivity contribution in [2.45, 2.75) is 25.9 Å². The molecule has 0 heterocycles. The van der Waals surface area contributed by atoms with Crippen molar-refractivity contribution in [1.29, 1.82) is 0 Å². The average Bonchev–Trinajstić information content (AvgIpc) is 2.86. The number of anilines is 1. The van der Waals surface area contributed by atoms with Crippen molar-refractivity contribution < 1.29 is 18.0 Å². The van der Waals surface area contributed by atoms with Crippen LogP contribution in [0.4, 0.5) is 5.69 Å². The van der Waals surface area contributed by atoms with Crippen LogP contribution in [-0.4, -0.2) is 51.0 Å². The number of hydrogen-bond donors (Lipinski definition) is 1. The van der Waals surface area contributed by atoms with Gasteiger partial charge in [0.15, 0.2) is 0 Å². The first kappa shape index (κ1) is 27.2. The Morgan fingerprint density at radius 3 is 2.08 bits per heavy atom. The zero-order chi connectivity index (χ0) is 26.3. The Bertz CT molecular complexity index is 1300. The molecule has 0 aromatic heterocycles. The van der Waals surface area contributed by atoms with Crippen molar-refractivity contribution in [3.63, 3.8) is 0 Å². The number of rotatable bonds is 10. The highest BCUT2D eigenvalue weighted by molar-refractivity contribution is 7.92. The van der Waals surface area contributed by atoms with Crippen molar-refractivity contribution in [3.8, 4) is 0 Å². The molecule has 3 aromatic rings. The van der Waals surface area contributed by atoms with E-state index in [1.54, 1.807) is 19.1 Å². The smallest absolute Gasteiger partial charge is 0.244 e. The highest BCUT2D eigenvalue weighted by Crippen LogP contribution is 2.27. The first-order chi connectivity index (χ1) is 17.1. The number of benzene rings is 3. The van der Waals surface area contributed by atoms with Gasteiger partial charge in [0.05, 0.1) is 11.9 Å². The van der Waals surface area contributed by atoms with Crippen LogP contribution in [0.15, 0.2) is 78.9 Å². The summed E-state index contributed by atoms with van der Waals surface area (Å²) in [7, 11) is -2.32. The monoisotopic (exact) mass is 527 g/mol. The lowest BCUT2D eigenvalue weighted by Gasteiger charge is -2.33. The molecule has 7 nitrogen and oxygen atoms in total. The third-order valence-corrected chi connectivity index (χ3v) is 7.19. The molecule has 0 aliphatic carbocycles. The van der Waals surface area contributed by atoms with Crippen LogP contribution in [0.25, 0.3) is 0 Å². The topological polar surface area (TPSA) is 86.8 Å². The lowest BCUT2D eigenvalue weighted by atomic mass is 10.0. The maximum absolute atomic E-state index is 13.8. The van der Waals surface area contributed by atoms with E-state index in [2.05, 4.69) is 5.32 Å². The van der Waals surface area contributed by atoms with Crippen molar-refractivity contribution in [1.82, 2.24) is 10.2 Å². The van der Waals surface area contributed by atoms with Crippen LogP contribution in [0, 0.1) is 6.92 Å². The van der Waals surface area contributed by atoms with E-state index in [9.17, 15) is 18.0 Å². The van der Waals surface area contributed by atoms with Crippen molar-refractivity contribution in [3.05, 3.63) is 101 Å². The largest absolute Gasteiger partial charge is 0.357 e. The quantitative estimate of drug-likeness (QED) is 0.434. The SMILES string of the molecule is CNC(=O)[C@@H](Cc1ccccc1)N(Cc1ccccc1)C(=O)CN(c1cc(Cl)ccc1C)S(C)(=O)=O. The Morgan fingerprint density at radius 2 is 1.53 bits per heavy atom. The Morgan fingerprint density at radius 1 is 0.944 bits per heavy atom. The molecule has 3 aromatic carbocycles. The number of carbonyl (C=O) groups excluding carboxylic acids is 2. The molecule has 9 heteroatoms. The number of carbonyl (C=O) groups is 2. The minimum Gasteiger partial charge on any atom is -0.357 e. The van der Waals surface area contributed by atoms with Crippen LogP contribution < -0.4 is 9.62 Å². The number of likely N-dealkylation sites (N-methyl/N-ethyl adjacent to an activating group) is 1. The second-order valence-corrected chi connectivity index (χ2v) is 10.9. The minimum atomic E-state index is -3.84. The normalized spacial score (nSPS) is 12.0. The molecular weight excluding hydrogens is 498 g/mol. The first-order valence-electron chi connectivity index (χ1n) is 11.4. The maximum atomic E-state index is 13.8. The molecule has 3 rings (SSSR count). The minimum absolute atomic E-state index is 0.136. The van der Waals surface area contributed by atoms with Crippen LogP contribution in [0.2, 0.25) is 5.02 Å². The highest BCUT2D eigenvalue weighted by Gasteiger charge is 2.33. The molecule has 1 N–H and O–H groups in total. The number of halogens is 1. The summed E-state index contributed by atoms with van der Waals surface area (Å²) in [5.74, 6) is -0.846. The van der Waals surface area contributed by atoms with Crippen molar-refractivity contribution >= 4 is 39.1 Å². The second-order valence-electron chi connectivity index (χ2n) is 8.53. The fraction of sp³-hybridized carbons (Fsp3) is 0.259. The van der Waals surface area contributed by atoms with Crippen LogP contribution in [0.1, 0.15) is 16.7 Å². The van der Waals surface area contributed by atoms with Gasteiger partial charge in [-0.05, 0) is 35.7 Å². The third kappa shape index (κ3) is 7.08. The standard InChI is InChI=1S/C27H30ClN3O4S/c1-20-14-15-23(28)17-24(20)31(36(3,34)35)19-26(32)30(18-22-12-8-5-9-13-22)25(27(33)29-2)16-21-10-6-4-7-11-21/h4-15,17,25H,16,18-19H2,1-3H3,(H,29,33)/t25-/m1/s1. The van der Waals surface area contributed by atoms with E-state index in [0.29, 0.717) is 16.3 Å². The number of amides is 2. The summed E-state index contributed by atoms with van der Waals surface area (Å²) in [6, 6.07) is 22.7. The fourth-order valence-electron chi connectivity index (χ4n) is 3.95. The summed E-state index contributed by atoms with van der Waals surface area (Å²) in [5.41, 5.74) is 2.66. The summed E-state index contributed by atoms with van der Waals surface area (Å²) < 4.78 is 26.6. The van der Waals surface area contributed by atoms with Gasteiger partial charge in [0, 0.05) is 25.0 Å². The first-order valence-corrected chi connectivity index (χ1v) is 13.7. The number of nitrogens with one attached hydrogen (secondary N) is 1. The van der Waals surface area contributed by atoms with Crippen LogP contribution >= 0.6 is 11.6 Å². The molecular formula is C27H30ClN3O4S. The van der Waals surface area contributed by atoms with Gasteiger partial charge in [-0.1, -0.05) is 78.3 Å². The highest BCUT2D eigenvalue weighted by atomic mass is 35.5. The van der Waals surface area contributed by atoms with Gasteiger partial charge < -0.3 is 10.2 Å². The molecule has 36 heavy (non-hydrogen) atoms. The van der Waals surface area contributed by atoms with E-state index in [4.69, 9.17) is 11.6 Å². The van der Waals surface area contributed by atoms with Crippen molar-refractivity contribution in [2.24, 2.45) is 0 Å². The summed E-state index contributed by atoms with van der Waals surface area (Å²) in [5, 5.41) is 3.01. The van der Waals surface area contributed by atoms with Gasteiger partial charge in [-0.15, -0.1) is 0 Å². The second kappa shape index (κ2) is 12.1. The molecule has 0 bridgehead atoms. The molecule has 0 fully saturated rings. The van der Waals surface area contributed by atoms with E-state index >= 15 is 0 Å². The molecule has 190 valence electrons. The Balaban J connectivity index is 2.03. The average molecular weight is 528 g/mol. The number of aryl methyl sites for hydroxylation is 1. The molecule has 0 spiro atoms. The Hall–Kier alpha value is -3.36. The predicted octanol–water partition coefficient (Wildman–Crippen LogP) is 3.80. The summed E-state index contributed by atoms with van der Waals surface area (Å²) in [6.45, 7) is 1.41. The molecule has 2 amide bonds. The van der Waals surface area contributed by atoms with Crippen LogP contribution in [-0.2, 0) is 32.6 Å². The van der Waals surface area contributed by atoms with Gasteiger partial charge in [-0.3, -0.25) is 13.9 Å². The zero-order valence-corrected chi connectivity index (χ0v) is 22.1. The molecule has 0 saturated carbocycles. The summed E-state index contributed by atoms with van der Waals surface area (Å²) in [6.07, 6.45) is 1.32. The van der Waals surface area contributed by atoms with Gasteiger partial charge in [0.1, 0.15) is 12.6 Å². The Labute approximate surface area is 217 Å². The predicted molar refractivity (Wildman–Crippen MR) is 143 cm³/mol. The van der Waals surface area contributed by atoms with Crippen LogP contribution in [0.3, 0.4) is 0 Å². The lowest BCUT2D eigenvalue weighted by Crippen LogP contribution is -2.53. The van der Waals surface area contributed by atoms with E-state index in [0.717, 1.165) is 21.7 Å². The molecule has 0 radical (unpaired) electrons. The molecule has 0 unspecified atom stereocenters. The van der Waals surface area contributed by atoms with Gasteiger partial charge >= 0.3 is 0 Å². The maximum Gasteiger partial charge on any atom is 0.244 e. The molecule has 0 saturated heterocycles. The number of nitrogens with zero attached hydrogens (tertiary/aromatic N) is 2. The number of sulfonamides is 1. The number of hydrogen-bond acceptors (Lipinski definition) is 4.